The largest absolute Gasteiger partial charge is 0.480 e. The van der Waals surface area contributed by atoms with Gasteiger partial charge in [-0.05, 0) is 12.0 Å². The maximum atomic E-state index is 13.2. The molecule has 0 aliphatic carbocycles. The maximum absolute atomic E-state index is 13.2. The summed E-state index contributed by atoms with van der Waals surface area (Å²) in [6, 6.07) is 15.5. The van der Waals surface area contributed by atoms with Crippen molar-refractivity contribution in [3.63, 3.8) is 0 Å². The third-order valence-electron chi connectivity index (χ3n) is 5.48. The molecule has 0 saturated carbocycles. The van der Waals surface area contributed by atoms with Crippen LogP contribution in [0.3, 0.4) is 0 Å². The van der Waals surface area contributed by atoms with Gasteiger partial charge in [0.15, 0.2) is 11.5 Å². The Bertz CT molecular complexity index is 1250. The number of amides is 1. The van der Waals surface area contributed by atoms with Crippen LogP contribution in [-0.2, 0) is 22.4 Å². The van der Waals surface area contributed by atoms with E-state index in [0.29, 0.717) is 11.1 Å². The SMILES string of the molecule is O=C(CC(Cc1ccccc1)C(=O)N[C@@H](Cc1cnc[nH]1)C(=O)O)c1occ2ccccc12. The summed E-state index contributed by atoms with van der Waals surface area (Å²) < 4.78 is 5.51. The number of H-pyrrole nitrogens is 1. The highest BCUT2D eigenvalue weighted by molar-refractivity contribution is 6.07. The Morgan fingerprint density at radius 2 is 1.79 bits per heavy atom. The molecule has 33 heavy (non-hydrogen) atoms. The molecule has 2 aromatic carbocycles. The molecule has 0 fully saturated rings. The number of nitrogens with zero attached hydrogens (tertiary/aromatic N) is 1. The average Bonchev–Trinajstić information content (AvgIpc) is 3.48. The van der Waals surface area contributed by atoms with Gasteiger partial charge in [-0.3, -0.25) is 9.59 Å². The normalized spacial score (nSPS) is 12.8. The van der Waals surface area contributed by atoms with Gasteiger partial charge in [0.2, 0.25) is 5.91 Å². The van der Waals surface area contributed by atoms with Gasteiger partial charge in [-0.15, -0.1) is 0 Å². The number of fused-ring (bicyclic) bond motifs is 1. The van der Waals surface area contributed by atoms with Crippen LogP contribution in [0.1, 0.15) is 28.2 Å². The summed E-state index contributed by atoms with van der Waals surface area (Å²) in [5.74, 6) is -2.56. The Labute approximate surface area is 189 Å². The number of imidazole rings is 1. The van der Waals surface area contributed by atoms with E-state index in [1.165, 1.54) is 18.8 Å². The minimum atomic E-state index is -1.17. The fraction of sp³-hybridized carbons (Fsp3) is 0.200. The van der Waals surface area contributed by atoms with E-state index >= 15 is 0 Å². The van der Waals surface area contributed by atoms with Crippen LogP contribution in [0.4, 0.5) is 0 Å². The molecule has 0 aliphatic rings. The molecule has 168 valence electrons. The summed E-state index contributed by atoms with van der Waals surface area (Å²) in [5.41, 5.74) is 1.45. The smallest absolute Gasteiger partial charge is 0.326 e. The fourth-order valence-corrected chi connectivity index (χ4v) is 3.79. The minimum Gasteiger partial charge on any atom is -0.480 e. The van der Waals surface area contributed by atoms with Crippen molar-refractivity contribution in [2.75, 3.05) is 0 Å². The molecular weight excluding hydrogens is 422 g/mol. The molecule has 0 aliphatic heterocycles. The van der Waals surface area contributed by atoms with Crippen LogP contribution >= 0.6 is 0 Å². The van der Waals surface area contributed by atoms with Crippen molar-refractivity contribution in [2.45, 2.75) is 25.3 Å². The van der Waals surface area contributed by atoms with Crippen LogP contribution in [0.2, 0.25) is 0 Å². The van der Waals surface area contributed by atoms with Crippen LogP contribution in [0.15, 0.2) is 77.8 Å². The second-order valence-corrected chi connectivity index (χ2v) is 7.85. The minimum absolute atomic E-state index is 0.0515. The second kappa shape index (κ2) is 9.95. The number of aromatic nitrogens is 2. The number of aromatic amines is 1. The number of rotatable bonds is 10. The molecule has 2 atom stereocenters. The van der Waals surface area contributed by atoms with Crippen molar-refractivity contribution in [1.82, 2.24) is 15.3 Å². The number of carbonyl (C=O) groups excluding carboxylic acids is 2. The summed E-state index contributed by atoms with van der Waals surface area (Å²) in [7, 11) is 0. The number of hydrogen-bond acceptors (Lipinski definition) is 5. The van der Waals surface area contributed by atoms with Gasteiger partial charge in [-0.25, -0.2) is 9.78 Å². The highest BCUT2D eigenvalue weighted by Crippen LogP contribution is 2.24. The van der Waals surface area contributed by atoms with E-state index in [2.05, 4.69) is 15.3 Å². The molecule has 0 bridgehead atoms. The van der Waals surface area contributed by atoms with Crippen molar-refractivity contribution in [2.24, 2.45) is 5.92 Å². The number of benzene rings is 2. The molecule has 0 saturated heterocycles. The van der Waals surface area contributed by atoms with Crippen LogP contribution in [0, 0.1) is 5.92 Å². The standard InChI is InChI=1S/C25H23N3O5/c29-22(23-20-9-5-4-8-17(20)14-33-23)11-18(10-16-6-2-1-3-7-16)24(30)28-21(25(31)32)12-19-13-26-15-27-19/h1-9,13-15,18,21H,10-12H2,(H,26,27)(H,28,30)(H,31,32)/t18?,21-/m0/s1. The van der Waals surface area contributed by atoms with E-state index in [1.807, 2.05) is 48.5 Å². The third kappa shape index (κ3) is 5.35. The van der Waals surface area contributed by atoms with E-state index in [4.69, 9.17) is 4.42 Å². The highest BCUT2D eigenvalue weighted by atomic mass is 16.4. The molecule has 0 radical (unpaired) electrons. The molecule has 8 nitrogen and oxygen atoms in total. The second-order valence-electron chi connectivity index (χ2n) is 7.85. The van der Waals surface area contributed by atoms with Gasteiger partial charge in [0, 0.05) is 41.4 Å². The predicted octanol–water partition coefficient (Wildman–Crippen LogP) is 3.40. The first-order chi connectivity index (χ1) is 16.0. The number of hydrogen-bond donors (Lipinski definition) is 3. The first kappa shape index (κ1) is 22.0. The van der Waals surface area contributed by atoms with Crippen molar-refractivity contribution >= 4 is 28.4 Å². The van der Waals surface area contributed by atoms with Gasteiger partial charge in [0.25, 0.3) is 0 Å². The zero-order chi connectivity index (χ0) is 23.2. The third-order valence-corrected chi connectivity index (χ3v) is 5.48. The van der Waals surface area contributed by atoms with E-state index in [1.54, 1.807) is 6.07 Å². The zero-order valence-corrected chi connectivity index (χ0v) is 17.7. The number of aliphatic carboxylic acids is 1. The number of carboxylic acids is 1. The zero-order valence-electron chi connectivity index (χ0n) is 17.7. The lowest BCUT2D eigenvalue weighted by molar-refractivity contribution is -0.142. The Hall–Kier alpha value is -4.20. The van der Waals surface area contributed by atoms with Crippen LogP contribution in [0.25, 0.3) is 10.8 Å². The van der Waals surface area contributed by atoms with E-state index in [9.17, 15) is 19.5 Å². The van der Waals surface area contributed by atoms with Crippen molar-refractivity contribution in [3.05, 3.63) is 90.4 Å². The molecule has 2 heterocycles. The van der Waals surface area contributed by atoms with E-state index in [0.717, 1.165) is 10.9 Å². The monoisotopic (exact) mass is 445 g/mol. The van der Waals surface area contributed by atoms with E-state index in [-0.39, 0.29) is 30.8 Å². The number of Topliss-reactive ketones (excluding diaryl/α,β-unsaturated/α-hetero) is 1. The molecule has 4 aromatic rings. The Kier molecular flexibility index (Phi) is 6.64. The van der Waals surface area contributed by atoms with Crippen molar-refractivity contribution in [1.29, 1.82) is 0 Å². The fourth-order valence-electron chi connectivity index (χ4n) is 3.79. The van der Waals surface area contributed by atoms with Gasteiger partial charge in [0.05, 0.1) is 12.6 Å². The maximum Gasteiger partial charge on any atom is 0.326 e. The number of ketones is 1. The Morgan fingerprint density at radius 1 is 1.03 bits per heavy atom. The number of carbonyl (C=O) groups is 3. The summed E-state index contributed by atoms with van der Waals surface area (Å²) in [6.45, 7) is 0. The summed E-state index contributed by atoms with van der Waals surface area (Å²) >= 11 is 0. The molecule has 1 amide bonds. The molecule has 2 aromatic heterocycles. The first-order valence-corrected chi connectivity index (χ1v) is 10.5. The van der Waals surface area contributed by atoms with Crippen LogP contribution in [-0.4, -0.2) is 38.8 Å². The van der Waals surface area contributed by atoms with E-state index < -0.39 is 23.8 Å². The lowest BCUT2D eigenvalue weighted by atomic mass is 9.91. The molecule has 0 spiro atoms. The number of carboxylic acid groups (broad SMARTS) is 1. The summed E-state index contributed by atoms with van der Waals surface area (Å²) in [6.07, 6.45) is 4.69. The van der Waals surface area contributed by atoms with Gasteiger partial charge < -0.3 is 19.8 Å². The first-order valence-electron chi connectivity index (χ1n) is 10.5. The Morgan fingerprint density at radius 3 is 2.52 bits per heavy atom. The number of furan rings is 1. The molecular formula is C25H23N3O5. The van der Waals surface area contributed by atoms with Crippen LogP contribution in [0.5, 0.6) is 0 Å². The van der Waals surface area contributed by atoms with Crippen molar-refractivity contribution < 1.29 is 23.9 Å². The predicted molar refractivity (Wildman–Crippen MR) is 121 cm³/mol. The molecule has 8 heteroatoms. The summed E-state index contributed by atoms with van der Waals surface area (Å²) in [5, 5.41) is 13.7. The van der Waals surface area contributed by atoms with Crippen LogP contribution < -0.4 is 5.32 Å². The van der Waals surface area contributed by atoms with Crippen molar-refractivity contribution in [3.8, 4) is 0 Å². The average molecular weight is 445 g/mol. The Balaban J connectivity index is 1.55. The topological polar surface area (TPSA) is 125 Å². The van der Waals surface area contributed by atoms with Gasteiger partial charge >= 0.3 is 5.97 Å². The van der Waals surface area contributed by atoms with Gasteiger partial charge in [-0.1, -0.05) is 54.6 Å². The quantitative estimate of drug-likeness (QED) is 0.321. The molecule has 1 unspecified atom stereocenters. The van der Waals surface area contributed by atoms with Gasteiger partial charge in [0.1, 0.15) is 6.04 Å². The lowest BCUT2D eigenvalue weighted by Crippen LogP contribution is -2.45. The van der Waals surface area contributed by atoms with Gasteiger partial charge in [-0.2, -0.15) is 0 Å². The summed E-state index contributed by atoms with van der Waals surface area (Å²) in [4.78, 5) is 44.8. The highest BCUT2D eigenvalue weighted by Gasteiger charge is 2.29. The number of nitrogens with one attached hydrogen (secondary N) is 2. The molecule has 4 rings (SSSR count). The lowest BCUT2D eigenvalue weighted by Gasteiger charge is -2.20. The molecule has 3 N–H and O–H groups in total.